The summed E-state index contributed by atoms with van der Waals surface area (Å²) in [5, 5.41) is 2.75. The monoisotopic (exact) mass is 495 g/mol. The molecule has 180 valence electrons. The van der Waals surface area contributed by atoms with E-state index < -0.39 is 26.0 Å². The van der Waals surface area contributed by atoms with Crippen molar-refractivity contribution in [3.63, 3.8) is 0 Å². The summed E-state index contributed by atoms with van der Waals surface area (Å²) in [7, 11) is -7.10. The van der Waals surface area contributed by atoms with Gasteiger partial charge in [0.05, 0.1) is 29.1 Å². The number of nitrogens with one attached hydrogen (secondary N) is 1. The summed E-state index contributed by atoms with van der Waals surface area (Å²) < 4.78 is 58.0. The number of benzene rings is 2. The Balaban J connectivity index is 1.93. The van der Waals surface area contributed by atoms with E-state index in [4.69, 9.17) is 4.74 Å². The molecule has 1 aliphatic heterocycles. The van der Waals surface area contributed by atoms with Crippen LogP contribution < -0.4 is 14.4 Å². The highest BCUT2D eigenvalue weighted by Gasteiger charge is 2.27. The zero-order valence-electron chi connectivity index (χ0n) is 19.2. The van der Waals surface area contributed by atoms with E-state index in [-0.39, 0.29) is 10.6 Å². The lowest BCUT2D eigenvalue weighted by atomic mass is 10.1. The predicted octanol–water partition coefficient (Wildman–Crippen LogP) is 2.69. The molecular weight excluding hydrogens is 466 g/mol. The highest BCUT2D eigenvalue weighted by atomic mass is 32.2. The quantitative estimate of drug-likeness (QED) is 0.572. The second-order valence-electron chi connectivity index (χ2n) is 7.56. The maximum atomic E-state index is 13.0. The Morgan fingerprint density at radius 2 is 1.76 bits per heavy atom. The van der Waals surface area contributed by atoms with Crippen molar-refractivity contribution in [2.24, 2.45) is 0 Å². The van der Waals surface area contributed by atoms with Crippen molar-refractivity contribution in [3.8, 4) is 5.75 Å². The van der Waals surface area contributed by atoms with Gasteiger partial charge in [-0.1, -0.05) is 13.8 Å². The summed E-state index contributed by atoms with van der Waals surface area (Å²) in [6.07, 6.45) is 1.66. The number of nitrogens with zero attached hydrogens (tertiary/aromatic N) is 2. The molecule has 11 heteroatoms. The van der Waals surface area contributed by atoms with Gasteiger partial charge in [0.2, 0.25) is 20.0 Å². The molecule has 1 amide bonds. The summed E-state index contributed by atoms with van der Waals surface area (Å²) in [4.78, 5) is 13.1. The fourth-order valence-corrected chi connectivity index (χ4v) is 6.26. The number of ether oxygens (including phenoxy) is 1. The van der Waals surface area contributed by atoms with E-state index in [1.54, 1.807) is 39.0 Å². The fourth-order valence-electron chi connectivity index (χ4n) is 3.81. The lowest BCUT2D eigenvalue weighted by molar-refractivity contribution is 0.102. The number of hydrogen-bond acceptors (Lipinski definition) is 6. The van der Waals surface area contributed by atoms with Crippen molar-refractivity contribution < 1.29 is 26.4 Å². The van der Waals surface area contributed by atoms with Crippen LogP contribution in [0.4, 0.5) is 11.4 Å². The maximum Gasteiger partial charge on any atom is 0.255 e. The first-order chi connectivity index (χ1) is 15.5. The number of rotatable bonds is 9. The number of sulfonamides is 2. The van der Waals surface area contributed by atoms with Gasteiger partial charge >= 0.3 is 0 Å². The lowest BCUT2D eigenvalue weighted by Crippen LogP contribution is -2.30. The van der Waals surface area contributed by atoms with Crippen molar-refractivity contribution in [2.45, 2.75) is 32.1 Å². The molecule has 0 fully saturated rings. The van der Waals surface area contributed by atoms with Gasteiger partial charge in [-0.05, 0) is 55.3 Å². The van der Waals surface area contributed by atoms with Crippen LogP contribution in [-0.4, -0.2) is 59.5 Å². The zero-order chi connectivity index (χ0) is 24.4. The number of hydrogen-bond donors (Lipinski definition) is 1. The molecule has 33 heavy (non-hydrogen) atoms. The van der Waals surface area contributed by atoms with E-state index >= 15 is 0 Å². The van der Waals surface area contributed by atoms with E-state index in [1.807, 2.05) is 0 Å². The summed E-state index contributed by atoms with van der Waals surface area (Å²) >= 11 is 0. The van der Waals surface area contributed by atoms with Crippen LogP contribution in [0, 0.1) is 0 Å². The van der Waals surface area contributed by atoms with Crippen LogP contribution in [0.2, 0.25) is 0 Å². The molecule has 1 aliphatic rings. The van der Waals surface area contributed by atoms with Crippen LogP contribution in [-0.2, 0) is 26.5 Å². The van der Waals surface area contributed by atoms with E-state index in [2.05, 4.69) is 5.32 Å². The Morgan fingerprint density at radius 1 is 1.06 bits per heavy atom. The molecule has 3 rings (SSSR count). The molecule has 2 aromatic carbocycles. The summed E-state index contributed by atoms with van der Waals surface area (Å²) in [6, 6.07) is 9.21. The SMILES string of the molecule is CCOc1ccc(S(=O)(=O)N(CC)CC)cc1NC(=O)c1ccc2c(c1)CCN2S(C)(=O)=O. The van der Waals surface area contributed by atoms with Crippen LogP contribution in [0.5, 0.6) is 5.75 Å². The minimum Gasteiger partial charge on any atom is -0.492 e. The smallest absolute Gasteiger partial charge is 0.255 e. The van der Waals surface area contributed by atoms with Crippen LogP contribution >= 0.6 is 0 Å². The largest absolute Gasteiger partial charge is 0.492 e. The predicted molar refractivity (Wildman–Crippen MR) is 128 cm³/mol. The summed E-state index contributed by atoms with van der Waals surface area (Å²) in [5.41, 5.74) is 1.91. The minimum atomic E-state index is -3.72. The molecular formula is C22H29N3O6S2. The molecule has 1 N–H and O–H groups in total. The molecule has 0 radical (unpaired) electrons. The van der Waals surface area contributed by atoms with Gasteiger partial charge in [-0.3, -0.25) is 9.10 Å². The maximum absolute atomic E-state index is 13.0. The van der Waals surface area contributed by atoms with E-state index in [0.717, 1.165) is 11.8 Å². The Labute approximate surface area is 195 Å². The van der Waals surface area contributed by atoms with Gasteiger partial charge < -0.3 is 10.1 Å². The average molecular weight is 496 g/mol. The van der Waals surface area contributed by atoms with Gasteiger partial charge in [0.15, 0.2) is 0 Å². The standard InChI is InChI=1S/C22H29N3O6S2/c1-5-24(6-2)33(29,30)18-9-11-21(31-7-3)19(15-18)23-22(26)17-8-10-20-16(14-17)12-13-25(20)32(4,27)28/h8-11,14-15H,5-7,12-13H2,1-4H3,(H,23,26). The molecule has 2 aromatic rings. The van der Waals surface area contributed by atoms with Crippen molar-refractivity contribution in [3.05, 3.63) is 47.5 Å². The number of fused-ring (bicyclic) bond motifs is 1. The first-order valence-electron chi connectivity index (χ1n) is 10.7. The number of amides is 1. The van der Waals surface area contributed by atoms with Gasteiger partial charge in [0.25, 0.3) is 5.91 Å². The number of carbonyl (C=O) groups excluding carboxylic acids is 1. The molecule has 1 heterocycles. The van der Waals surface area contributed by atoms with Crippen LogP contribution in [0.15, 0.2) is 41.3 Å². The van der Waals surface area contributed by atoms with Gasteiger partial charge in [0.1, 0.15) is 5.75 Å². The van der Waals surface area contributed by atoms with E-state index in [9.17, 15) is 21.6 Å². The molecule has 0 aliphatic carbocycles. The van der Waals surface area contributed by atoms with E-state index in [0.29, 0.717) is 49.7 Å². The van der Waals surface area contributed by atoms with Crippen LogP contribution in [0.3, 0.4) is 0 Å². The van der Waals surface area contributed by atoms with Gasteiger partial charge in [-0.2, -0.15) is 4.31 Å². The molecule has 0 atom stereocenters. The highest BCUT2D eigenvalue weighted by Crippen LogP contribution is 2.32. The molecule has 0 saturated heterocycles. The first-order valence-corrected chi connectivity index (χ1v) is 14.0. The van der Waals surface area contributed by atoms with Gasteiger partial charge in [-0.15, -0.1) is 0 Å². The summed E-state index contributed by atoms with van der Waals surface area (Å²) in [5.74, 6) is -0.0947. The van der Waals surface area contributed by atoms with Crippen LogP contribution in [0.1, 0.15) is 36.7 Å². The minimum absolute atomic E-state index is 0.0581. The zero-order valence-corrected chi connectivity index (χ0v) is 20.8. The second-order valence-corrected chi connectivity index (χ2v) is 11.4. The Kier molecular flexibility index (Phi) is 7.35. The third-order valence-electron chi connectivity index (χ3n) is 5.44. The Morgan fingerprint density at radius 3 is 2.36 bits per heavy atom. The molecule has 0 aromatic heterocycles. The van der Waals surface area contributed by atoms with E-state index in [1.165, 1.54) is 26.8 Å². The third-order valence-corrected chi connectivity index (χ3v) is 8.66. The molecule has 0 bridgehead atoms. The highest BCUT2D eigenvalue weighted by molar-refractivity contribution is 7.92. The lowest BCUT2D eigenvalue weighted by Gasteiger charge is -2.20. The molecule has 0 spiro atoms. The van der Waals surface area contributed by atoms with Crippen molar-refractivity contribution in [1.29, 1.82) is 0 Å². The summed E-state index contributed by atoms with van der Waals surface area (Å²) in [6.45, 7) is 6.64. The third kappa shape index (κ3) is 5.15. The average Bonchev–Trinajstić information content (AvgIpc) is 3.19. The number of anilines is 2. The fraction of sp³-hybridized carbons (Fsp3) is 0.409. The van der Waals surface area contributed by atoms with Gasteiger partial charge in [0, 0.05) is 25.2 Å². The molecule has 0 saturated carbocycles. The first kappa shape index (κ1) is 25.0. The number of carbonyl (C=O) groups is 1. The normalized spacial score (nSPS) is 13.8. The second kappa shape index (κ2) is 9.70. The van der Waals surface area contributed by atoms with Crippen molar-refractivity contribution >= 4 is 37.3 Å². The van der Waals surface area contributed by atoms with Gasteiger partial charge in [-0.25, -0.2) is 16.8 Å². The van der Waals surface area contributed by atoms with Crippen molar-refractivity contribution in [2.75, 3.05) is 42.1 Å². The van der Waals surface area contributed by atoms with Crippen molar-refractivity contribution in [1.82, 2.24) is 4.31 Å². The Hall–Kier alpha value is -2.63. The molecule has 0 unspecified atom stereocenters. The van der Waals surface area contributed by atoms with Crippen LogP contribution in [0.25, 0.3) is 0 Å². The Bertz CT molecular complexity index is 1250. The topological polar surface area (TPSA) is 113 Å². The molecule has 9 nitrogen and oxygen atoms in total.